The third-order valence-electron chi connectivity index (χ3n) is 4.96. The van der Waals surface area contributed by atoms with E-state index in [4.69, 9.17) is 16.3 Å². The first kappa shape index (κ1) is 17.7. The van der Waals surface area contributed by atoms with Gasteiger partial charge in [-0.25, -0.2) is 4.79 Å². The zero-order valence-corrected chi connectivity index (χ0v) is 14.7. The fourth-order valence-corrected chi connectivity index (χ4v) is 3.80. The number of urea groups is 1. The van der Waals surface area contributed by atoms with Crippen molar-refractivity contribution in [2.24, 2.45) is 0 Å². The molecule has 134 valence electrons. The summed E-state index contributed by atoms with van der Waals surface area (Å²) in [6.45, 7) is 0.300. The zero-order chi connectivity index (χ0) is 17.9. The highest BCUT2D eigenvalue weighted by atomic mass is 35.5. The lowest BCUT2D eigenvalue weighted by Crippen LogP contribution is -2.42. The number of benzene rings is 1. The number of hydrogen-bond acceptors (Lipinski definition) is 4. The van der Waals surface area contributed by atoms with E-state index in [0.717, 1.165) is 29.7 Å². The lowest BCUT2D eigenvalue weighted by atomic mass is 9.69. The second-order valence-electron chi connectivity index (χ2n) is 6.51. The van der Waals surface area contributed by atoms with E-state index in [1.54, 1.807) is 12.1 Å². The van der Waals surface area contributed by atoms with Crippen molar-refractivity contribution in [3.8, 4) is 0 Å². The lowest BCUT2D eigenvalue weighted by molar-refractivity contribution is -0.157. The minimum atomic E-state index is -0.767. The van der Waals surface area contributed by atoms with Crippen molar-refractivity contribution in [2.75, 3.05) is 19.7 Å². The van der Waals surface area contributed by atoms with Gasteiger partial charge in [-0.2, -0.15) is 0 Å². The minimum absolute atomic E-state index is 0.300. The molecule has 2 fully saturated rings. The predicted octanol–water partition coefficient (Wildman–Crippen LogP) is 2.64. The van der Waals surface area contributed by atoms with Crippen LogP contribution in [0.5, 0.6) is 0 Å². The fourth-order valence-electron chi connectivity index (χ4n) is 3.61. The molecule has 3 rings (SSSR count). The Bertz CT molecular complexity index is 685. The number of ether oxygens (including phenoxy) is 1. The third kappa shape index (κ3) is 3.63. The summed E-state index contributed by atoms with van der Waals surface area (Å²) in [6.07, 6.45) is 4.26. The average molecular weight is 365 g/mol. The largest absolute Gasteiger partial charge is 0.455 e. The van der Waals surface area contributed by atoms with E-state index in [0.29, 0.717) is 31.0 Å². The topological polar surface area (TPSA) is 75.7 Å². The number of carbonyl (C=O) groups excluding carboxylic acids is 3. The number of nitrogens with zero attached hydrogens (tertiary/aromatic N) is 1. The predicted molar refractivity (Wildman–Crippen MR) is 92.3 cm³/mol. The van der Waals surface area contributed by atoms with Crippen molar-refractivity contribution >= 4 is 29.5 Å². The van der Waals surface area contributed by atoms with E-state index < -0.39 is 29.9 Å². The van der Waals surface area contributed by atoms with Gasteiger partial charge in [0.25, 0.3) is 5.91 Å². The van der Waals surface area contributed by atoms with Crippen LogP contribution in [-0.2, 0) is 19.7 Å². The third-order valence-corrected chi connectivity index (χ3v) is 5.19. The van der Waals surface area contributed by atoms with Crippen molar-refractivity contribution in [1.29, 1.82) is 0 Å². The highest BCUT2D eigenvalue weighted by Gasteiger charge is 2.43. The molecule has 6 nitrogen and oxygen atoms in total. The van der Waals surface area contributed by atoms with Crippen molar-refractivity contribution < 1.29 is 19.1 Å². The van der Waals surface area contributed by atoms with E-state index in [-0.39, 0.29) is 0 Å². The summed E-state index contributed by atoms with van der Waals surface area (Å²) < 4.78 is 5.35. The van der Waals surface area contributed by atoms with Gasteiger partial charge in [-0.1, -0.05) is 43.0 Å². The number of carbonyl (C=O) groups is 3. The van der Waals surface area contributed by atoms with E-state index in [1.807, 2.05) is 12.1 Å². The monoisotopic (exact) mass is 364 g/mol. The standard InChI is InChI=1S/C18H21ClN2O4/c19-14-6-4-5-13(11-14)18(7-2-1-3-8-18)16(23)25-12-15(22)21-10-9-20-17(21)24/h4-6,11H,1-3,7-10,12H2,(H,20,24). The van der Waals surface area contributed by atoms with Gasteiger partial charge in [0, 0.05) is 18.1 Å². The van der Waals surface area contributed by atoms with Gasteiger partial charge < -0.3 is 10.1 Å². The Morgan fingerprint density at radius 1 is 1.24 bits per heavy atom. The summed E-state index contributed by atoms with van der Waals surface area (Å²) in [6, 6.07) is 6.82. The molecule has 0 spiro atoms. The van der Waals surface area contributed by atoms with Gasteiger partial charge in [-0.15, -0.1) is 0 Å². The van der Waals surface area contributed by atoms with Crippen molar-refractivity contribution in [2.45, 2.75) is 37.5 Å². The molecule has 25 heavy (non-hydrogen) atoms. The van der Waals surface area contributed by atoms with Gasteiger partial charge in [0.15, 0.2) is 6.61 Å². The van der Waals surface area contributed by atoms with Gasteiger partial charge in [-0.05, 0) is 30.5 Å². The Morgan fingerprint density at radius 2 is 2.00 bits per heavy atom. The normalized spacial score (nSPS) is 19.4. The molecule has 2 aliphatic rings. The van der Waals surface area contributed by atoms with Gasteiger partial charge in [-0.3, -0.25) is 14.5 Å². The second-order valence-corrected chi connectivity index (χ2v) is 6.94. The van der Waals surface area contributed by atoms with Crippen LogP contribution in [-0.4, -0.2) is 42.5 Å². The van der Waals surface area contributed by atoms with Crippen LogP contribution in [0.1, 0.15) is 37.7 Å². The average Bonchev–Trinajstić information content (AvgIpc) is 3.06. The summed E-state index contributed by atoms with van der Waals surface area (Å²) in [5.74, 6) is -0.914. The van der Waals surface area contributed by atoms with Gasteiger partial charge >= 0.3 is 12.0 Å². The summed E-state index contributed by atoms with van der Waals surface area (Å²) >= 11 is 6.10. The number of amides is 3. The Kier molecular flexibility index (Phi) is 5.27. The first-order valence-corrected chi connectivity index (χ1v) is 8.92. The molecular weight excluding hydrogens is 344 g/mol. The molecule has 3 amide bonds. The van der Waals surface area contributed by atoms with E-state index in [2.05, 4.69) is 5.32 Å². The number of imide groups is 1. The fraction of sp³-hybridized carbons (Fsp3) is 0.500. The molecule has 0 atom stereocenters. The maximum absolute atomic E-state index is 12.9. The van der Waals surface area contributed by atoms with Crippen LogP contribution in [0.25, 0.3) is 0 Å². The number of halogens is 1. The molecule has 0 radical (unpaired) electrons. The SMILES string of the molecule is O=C(COC(=O)C1(c2cccc(Cl)c2)CCCCC1)N1CCNC1=O. The van der Waals surface area contributed by atoms with Crippen LogP contribution >= 0.6 is 11.6 Å². The molecule has 1 aliphatic heterocycles. The Morgan fingerprint density at radius 3 is 2.64 bits per heavy atom. The van der Waals surface area contributed by atoms with Gasteiger partial charge in [0.1, 0.15) is 0 Å². The summed E-state index contributed by atoms with van der Waals surface area (Å²) in [5.41, 5.74) is 0.0625. The van der Waals surface area contributed by atoms with Gasteiger partial charge in [0.05, 0.1) is 5.41 Å². The summed E-state index contributed by atoms with van der Waals surface area (Å²) in [5, 5.41) is 3.12. The van der Waals surface area contributed by atoms with Crippen LogP contribution in [0.15, 0.2) is 24.3 Å². The first-order valence-electron chi connectivity index (χ1n) is 8.54. The van der Waals surface area contributed by atoms with Crippen LogP contribution in [0.2, 0.25) is 5.02 Å². The minimum Gasteiger partial charge on any atom is -0.455 e. The molecular formula is C18H21ClN2O4. The van der Waals surface area contributed by atoms with Gasteiger partial charge in [0.2, 0.25) is 0 Å². The number of nitrogens with one attached hydrogen (secondary N) is 1. The second kappa shape index (κ2) is 7.44. The van der Waals surface area contributed by atoms with Crippen LogP contribution < -0.4 is 5.32 Å². The summed E-state index contributed by atoms with van der Waals surface area (Å²) in [7, 11) is 0. The van der Waals surface area contributed by atoms with Crippen LogP contribution in [0.3, 0.4) is 0 Å². The van der Waals surface area contributed by atoms with E-state index in [1.165, 1.54) is 0 Å². The Labute approximate surface area is 151 Å². The van der Waals surface area contributed by atoms with Crippen LogP contribution in [0, 0.1) is 0 Å². The number of esters is 1. The highest BCUT2D eigenvalue weighted by Crippen LogP contribution is 2.41. The Hall–Kier alpha value is -2.08. The summed E-state index contributed by atoms with van der Waals surface area (Å²) in [4.78, 5) is 37.6. The highest BCUT2D eigenvalue weighted by molar-refractivity contribution is 6.30. The quantitative estimate of drug-likeness (QED) is 0.833. The molecule has 1 saturated heterocycles. The van der Waals surface area contributed by atoms with Crippen LogP contribution in [0.4, 0.5) is 4.79 Å². The molecule has 7 heteroatoms. The maximum Gasteiger partial charge on any atom is 0.324 e. The van der Waals surface area contributed by atoms with Crippen molar-refractivity contribution in [3.63, 3.8) is 0 Å². The Balaban J connectivity index is 1.74. The molecule has 1 heterocycles. The molecule has 1 N–H and O–H groups in total. The van der Waals surface area contributed by atoms with Crippen molar-refractivity contribution in [3.05, 3.63) is 34.9 Å². The number of rotatable bonds is 4. The number of hydrogen-bond donors (Lipinski definition) is 1. The molecule has 1 aromatic rings. The molecule has 0 aromatic heterocycles. The molecule has 1 aromatic carbocycles. The van der Waals surface area contributed by atoms with E-state index in [9.17, 15) is 14.4 Å². The van der Waals surface area contributed by atoms with Crippen molar-refractivity contribution in [1.82, 2.24) is 10.2 Å². The first-order chi connectivity index (χ1) is 12.0. The lowest BCUT2D eigenvalue weighted by Gasteiger charge is -2.35. The molecule has 1 saturated carbocycles. The molecule has 1 aliphatic carbocycles. The zero-order valence-electron chi connectivity index (χ0n) is 13.9. The molecule has 0 bridgehead atoms. The van der Waals surface area contributed by atoms with E-state index >= 15 is 0 Å². The molecule has 0 unspecified atom stereocenters. The maximum atomic E-state index is 12.9. The smallest absolute Gasteiger partial charge is 0.324 e.